The van der Waals surface area contributed by atoms with Gasteiger partial charge in [0.2, 0.25) is 0 Å². The second kappa shape index (κ2) is 8.13. The quantitative estimate of drug-likeness (QED) is 0.361. The lowest BCUT2D eigenvalue weighted by atomic mass is 10.1. The van der Waals surface area contributed by atoms with Crippen LogP contribution in [0.15, 0.2) is 94.7 Å². The highest BCUT2D eigenvalue weighted by molar-refractivity contribution is 7.16. The zero-order chi connectivity index (χ0) is 22.3. The van der Waals surface area contributed by atoms with Crippen LogP contribution in [0.3, 0.4) is 0 Å². The van der Waals surface area contributed by atoms with Crippen molar-refractivity contribution in [3.05, 3.63) is 111 Å². The lowest BCUT2D eigenvalue weighted by molar-refractivity contribution is 0.851. The second-order valence-corrected chi connectivity index (χ2v) is 13.2. The maximum atomic E-state index is 2.46. The molecule has 0 bridgehead atoms. The lowest BCUT2D eigenvalue weighted by Crippen LogP contribution is -2.69. The minimum atomic E-state index is -2.46. The Balaban J connectivity index is 2.21. The summed E-state index contributed by atoms with van der Waals surface area (Å²) in [4.78, 5) is 0. The van der Waals surface area contributed by atoms with Crippen molar-refractivity contribution in [2.45, 2.75) is 48.5 Å². The van der Waals surface area contributed by atoms with Crippen LogP contribution in [0.25, 0.3) is 0 Å². The zero-order valence-corrected chi connectivity index (χ0v) is 21.0. The highest BCUT2D eigenvalue weighted by Crippen LogP contribution is 2.41. The van der Waals surface area contributed by atoms with Crippen LogP contribution in [-0.4, -0.2) is 8.07 Å². The van der Waals surface area contributed by atoms with Gasteiger partial charge in [-0.25, -0.2) is 0 Å². The summed E-state index contributed by atoms with van der Waals surface area (Å²) in [5, 5.41) is 6.14. The molecule has 0 saturated carbocycles. The fourth-order valence-corrected chi connectivity index (χ4v) is 11.6. The van der Waals surface area contributed by atoms with Crippen LogP contribution in [0, 0.1) is 26.7 Å². The van der Waals surface area contributed by atoms with Crippen LogP contribution in [0.4, 0.5) is 0 Å². The topological polar surface area (TPSA) is 0 Å². The first-order valence-electron chi connectivity index (χ1n) is 11.4. The molecule has 1 heteroatoms. The van der Waals surface area contributed by atoms with Gasteiger partial charge in [-0.05, 0) is 68.6 Å². The first-order valence-corrected chi connectivity index (χ1v) is 13.4. The Morgan fingerprint density at radius 3 is 1.68 bits per heavy atom. The van der Waals surface area contributed by atoms with E-state index in [4.69, 9.17) is 0 Å². The van der Waals surface area contributed by atoms with Gasteiger partial charge in [-0.1, -0.05) is 113 Å². The third-order valence-electron chi connectivity index (χ3n) is 7.36. The predicted molar refractivity (Wildman–Crippen MR) is 138 cm³/mol. The van der Waals surface area contributed by atoms with E-state index in [1.165, 1.54) is 49.0 Å². The molecule has 0 spiro atoms. The van der Waals surface area contributed by atoms with E-state index in [1.54, 1.807) is 5.20 Å². The molecular formula is C30H34Si. The van der Waals surface area contributed by atoms with Gasteiger partial charge in [0.05, 0.1) is 0 Å². The summed E-state index contributed by atoms with van der Waals surface area (Å²) in [6.07, 6.45) is 0. The molecule has 0 N–H and O–H groups in total. The molecule has 0 radical (unpaired) electrons. The summed E-state index contributed by atoms with van der Waals surface area (Å²) in [7, 11) is -2.46. The third-order valence-corrected chi connectivity index (χ3v) is 12.5. The molecule has 158 valence electrons. The van der Waals surface area contributed by atoms with Crippen LogP contribution in [0.5, 0.6) is 0 Å². The number of aryl methyl sites for hydroxylation is 3. The maximum absolute atomic E-state index is 2.46. The molecule has 3 aromatic carbocycles. The average molecular weight is 423 g/mol. The highest BCUT2D eigenvalue weighted by atomic mass is 28.3. The molecule has 0 aliphatic heterocycles. The molecule has 2 atom stereocenters. The van der Waals surface area contributed by atoms with Crippen LogP contribution in [0.2, 0.25) is 0 Å². The van der Waals surface area contributed by atoms with Crippen LogP contribution in [0.1, 0.15) is 44.4 Å². The molecule has 2 unspecified atom stereocenters. The smallest absolute Gasteiger partial charge is 0.0636 e. The van der Waals surface area contributed by atoms with E-state index in [-0.39, 0.29) is 0 Å². The Bertz CT molecular complexity index is 1180. The van der Waals surface area contributed by atoms with Gasteiger partial charge in [0, 0.05) is 0 Å². The number of allylic oxidation sites excluding steroid dienone is 4. The average Bonchev–Trinajstić information content (AvgIpc) is 2.93. The molecule has 0 aromatic heterocycles. The summed E-state index contributed by atoms with van der Waals surface area (Å²) < 4.78 is 0. The summed E-state index contributed by atoms with van der Waals surface area (Å²) in [5.74, 6) is 0.452. The van der Waals surface area contributed by atoms with Gasteiger partial charge in [0.1, 0.15) is 0 Å². The summed E-state index contributed by atoms with van der Waals surface area (Å²) in [6, 6.07) is 27.9. The Kier molecular flexibility index (Phi) is 5.66. The monoisotopic (exact) mass is 422 g/mol. The van der Waals surface area contributed by atoms with Gasteiger partial charge in [-0.15, -0.1) is 0 Å². The van der Waals surface area contributed by atoms with Crippen LogP contribution >= 0.6 is 0 Å². The van der Waals surface area contributed by atoms with Gasteiger partial charge in [0.25, 0.3) is 0 Å². The van der Waals surface area contributed by atoms with Gasteiger partial charge in [-0.3, -0.25) is 0 Å². The number of benzene rings is 3. The van der Waals surface area contributed by atoms with E-state index in [9.17, 15) is 0 Å². The molecule has 3 aromatic rings. The van der Waals surface area contributed by atoms with E-state index in [1.807, 2.05) is 0 Å². The number of rotatable bonds is 4. The SMILES string of the molecule is CC1=C(C)C(C)C([Si](c2ccccc2)(c2cccc(C)c2)c2cc(C)cc(C)c2)=C1C. The molecule has 4 rings (SSSR count). The molecule has 1 aliphatic rings. The Labute approximate surface area is 189 Å². The third kappa shape index (κ3) is 3.45. The largest absolute Gasteiger partial charge is 0.176 e. The molecule has 0 heterocycles. The van der Waals surface area contributed by atoms with Crippen molar-refractivity contribution in [1.82, 2.24) is 0 Å². The Morgan fingerprint density at radius 1 is 0.548 bits per heavy atom. The molecule has 0 fully saturated rings. The molecule has 31 heavy (non-hydrogen) atoms. The van der Waals surface area contributed by atoms with E-state index < -0.39 is 8.07 Å². The normalized spacial score (nSPS) is 18.5. The van der Waals surface area contributed by atoms with Gasteiger partial charge in [0.15, 0.2) is 8.07 Å². The molecule has 0 amide bonds. The van der Waals surface area contributed by atoms with Crippen molar-refractivity contribution in [3.63, 3.8) is 0 Å². The highest BCUT2D eigenvalue weighted by Gasteiger charge is 2.48. The molecule has 0 saturated heterocycles. The molecular weight excluding hydrogens is 388 g/mol. The zero-order valence-electron chi connectivity index (χ0n) is 20.0. The predicted octanol–water partition coefficient (Wildman–Crippen LogP) is 5.92. The maximum Gasteiger partial charge on any atom is 0.176 e. The first-order chi connectivity index (χ1) is 14.8. The van der Waals surface area contributed by atoms with Crippen molar-refractivity contribution in [3.8, 4) is 0 Å². The van der Waals surface area contributed by atoms with Gasteiger partial charge >= 0.3 is 0 Å². The first kappa shape index (κ1) is 21.6. The van der Waals surface area contributed by atoms with Crippen molar-refractivity contribution in [1.29, 1.82) is 0 Å². The van der Waals surface area contributed by atoms with Gasteiger partial charge in [-0.2, -0.15) is 0 Å². The van der Waals surface area contributed by atoms with Gasteiger partial charge < -0.3 is 0 Å². The van der Waals surface area contributed by atoms with Crippen LogP contribution in [-0.2, 0) is 0 Å². The fraction of sp³-hybridized carbons (Fsp3) is 0.267. The Morgan fingerprint density at radius 2 is 1.13 bits per heavy atom. The van der Waals surface area contributed by atoms with E-state index in [0.717, 1.165) is 0 Å². The van der Waals surface area contributed by atoms with Crippen molar-refractivity contribution >= 4 is 23.6 Å². The molecule has 0 nitrogen and oxygen atoms in total. The summed E-state index contributed by atoms with van der Waals surface area (Å²) >= 11 is 0. The minimum Gasteiger partial charge on any atom is -0.0636 e. The summed E-state index contributed by atoms with van der Waals surface area (Å²) in [6.45, 7) is 16.1. The Hall–Kier alpha value is -2.64. The standard InChI is InChI=1S/C30H34Si/c1-20-12-11-15-28(17-20)31(27-13-9-8-10-14-27,29-18-21(2)16-22(3)19-29)30-25(6)23(4)24(5)26(30)7/h8-19,25H,1-7H3. The van der Waals surface area contributed by atoms with Crippen molar-refractivity contribution in [2.24, 2.45) is 5.92 Å². The second-order valence-electron chi connectivity index (χ2n) is 9.43. The number of hydrogen-bond acceptors (Lipinski definition) is 0. The number of hydrogen-bond donors (Lipinski definition) is 0. The van der Waals surface area contributed by atoms with E-state index in [0.29, 0.717) is 5.92 Å². The van der Waals surface area contributed by atoms with Crippen LogP contribution < -0.4 is 15.6 Å². The van der Waals surface area contributed by atoms with E-state index >= 15 is 0 Å². The van der Waals surface area contributed by atoms with Crippen molar-refractivity contribution < 1.29 is 0 Å². The molecule has 1 aliphatic carbocycles. The minimum absolute atomic E-state index is 0.452. The summed E-state index contributed by atoms with van der Waals surface area (Å²) in [5.41, 5.74) is 8.53. The van der Waals surface area contributed by atoms with E-state index in [2.05, 4.69) is 121 Å². The lowest BCUT2D eigenvalue weighted by Gasteiger charge is -2.39. The van der Waals surface area contributed by atoms with Crippen molar-refractivity contribution in [2.75, 3.05) is 0 Å². The fourth-order valence-electron chi connectivity index (χ4n) is 5.69.